The molecule has 2 aromatic rings. The second-order valence-corrected chi connectivity index (χ2v) is 6.15. The highest BCUT2D eigenvalue weighted by atomic mass is 16.5. The SMILES string of the molecule is CCCCn1c(O)c(C2=NN[C@@H](c3ccccc3OC)C2)c(=O)[nH]c1=O. The van der Waals surface area contributed by atoms with Crippen LogP contribution in [0.15, 0.2) is 39.0 Å². The Morgan fingerprint density at radius 1 is 1.35 bits per heavy atom. The molecular formula is C18H22N4O4. The van der Waals surface area contributed by atoms with Crippen molar-refractivity contribution in [3.8, 4) is 11.6 Å². The average Bonchev–Trinajstić information content (AvgIpc) is 3.10. The molecule has 1 aromatic heterocycles. The van der Waals surface area contributed by atoms with E-state index in [1.165, 1.54) is 4.57 Å². The zero-order valence-corrected chi connectivity index (χ0v) is 14.8. The van der Waals surface area contributed by atoms with Crippen LogP contribution in [0.4, 0.5) is 0 Å². The number of H-pyrrole nitrogens is 1. The summed E-state index contributed by atoms with van der Waals surface area (Å²) < 4.78 is 6.55. The van der Waals surface area contributed by atoms with Crippen molar-refractivity contribution < 1.29 is 9.84 Å². The second-order valence-electron chi connectivity index (χ2n) is 6.15. The summed E-state index contributed by atoms with van der Waals surface area (Å²) in [6.45, 7) is 2.32. The van der Waals surface area contributed by atoms with Crippen LogP contribution in [0.2, 0.25) is 0 Å². The lowest BCUT2D eigenvalue weighted by Crippen LogP contribution is -2.33. The van der Waals surface area contributed by atoms with Gasteiger partial charge in [0.25, 0.3) is 5.56 Å². The van der Waals surface area contributed by atoms with Crippen LogP contribution < -0.4 is 21.4 Å². The van der Waals surface area contributed by atoms with Crippen LogP contribution in [-0.2, 0) is 6.54 Å². The van der Waals surface area contributed by atoms with Gasteiger partial charge in [-0.15, -0.1) is 0 Å². The van der Waals surface area contributed by atoms with Crippen LogP contribution in [0.3, 0.4) is 0 Å². The third kappa shape index (κ3) is 3.22. The Morgan fingerprint density at radius 2 is 2.12 bits per heavy atom. The molecule has 0 radical (unpaired) electrons. The molecule has 0 aliphatic carbocycles. The lowest BCUT2D eigenvalue weighted by molar-refractivity contribution is 0.394. The van der Waals surface area contributed by atoms with Crippen LogP contribution in [0, 0.1) is 0 Å². The van der Waals surface area contributed by atoms with Gasteiger partial charge in [0.1, 0.15) is 11.3 Å². The quantitative estimate of drug-likeness (QED) is 0.725. The largest absolute Gasteiger partial charge is 0.496 e. The second kappa shape index (κ2) is 7.47. The molecule has 1 aliphatic rings. The summed E-state index contributed by atoms with van der Waals surface area (Å²) in [5.74, 6) is 0.376. The smallest absolute Gasteiger partial charge is 0.331 e. The standard InChI is InChI=1S/C18H22N4O4/c1-3-4-9-22-17(24)15(16(23)19-18(22)25)13-10-12(20-21-13)11-7-5-6-8-14(11)26-2/h5-8,12,20,24H,3-4,9-10H2,1-2H3,(H,19,23,25)/t12-/m1/s1. The van der Waals surface area contributed by atoms with Crippen molar-refractivity contribution in [1.82, 2.24) is 15.0 Å². The Hall–Kier alpha value is -3.03. The first-order valence-electron chi connectivity index (χ1n) is 8.58. The van der Waals surface area contributed by atoms with Crippen molar-refractivity contribution in [2.75, 3.05) is 7.11 Å². The van der Waals surface area contributed by atoms with E-state index in [-0.39, 0.29) is 17.5 Å². The van der Waals surface area contributed by atoms with Gasteiger partial charge in [0.2, 0.25) is 5.88 Å². The molecule has 0 spiro atoms. The summed E-state index contributed by atoms with van der Waals surface area (Å²) in [6.07, 6.45) is 1.97. The predicted octanol–water partition coefficient (Wildman–Crippen LogP) is 1.49. The maximum atomic E-state index is 12.3. The number of aromatic nitrogens is 2. The van der Waals surface area contributed by atoms with Gasteiger partial charge >= 0.3 is 5.69 Å². The molecule has 8 heteroatoms. The minimum atomic E-state index is -0.638. The Labute approximate surface area is 150 Å². The van der Waals surface area contributed by atoms with Crippen LogP contribution in [0.5, 0.6) is 11.6 Å². The molecule has 3 N–H and O–H groups in total. The van der Waals surface area contributed by atoms with E-state index in [1.54, 1.807) is 7.11 Å². The van der Waals surface area contributed by atoms with Crippen LogP contribution in [0.25, 0.3) is 0 Å². The number of unbranched alkanes of at least 4 members (excludes halogenated alkanes) is 1. The molecule has 1 aromatic carbocycles. The van der Waals surface area contributed by atoms with E-state index in [0.717, 1.165) is 12.0 Å². The van der Waals surface area contributed by atoms with Crippen molar-refractivity contribution in [2.24, 2.45) is 5.10 Å². The number of para-hydroxylation sites is 1. The predicted molar refractivity (Wildman–Crippen MR) is 97.9 cm³/mol. The maximum absolute atomic E-state index is 12.3. The Balaban J connectivity index is 1.94. The molecule has 0 saturated heterocycles. The molecule has 26 heavy (non-hydrogen) atoms. The number of rotatable bonds is 6. The summed E-state index contributed by atoms with van der Waals surface area (Å²) in [6, 6.07) is 7.35. The number of ether oxygens (including phenoxy) is 1. The van der Waals surface area contributed by atoms with Crippen molar-refractivity contribution in [3.63, 3.8) is 0 Å². The van der Waals surface area contributed by atoms with Gasteiger partial charge in [0.15, 0.2) is 0 Å². The summed E-state index contributed by atoms with van der Waals surface area (Å²) in [4.78, 5) is 26.5. The Morgan fingerprint density at radius 3 is 2.85 bits per heavy atom. The van der Waals surface area contributed by atoms with Crippen LogP contribution >= 0.6 is 0 Å². The first-order chi connectivity index (χ1) is 12.6. The monoisotopic (exact) mass is 358 g/mol. The van der Waals surface area contributed by atoms with Gasteiger partial charge in [0, 0.05) is 18.5 Å². The van der Waals surface area contributed by atoms with Gasteiger partial charge in [-0.1, -0.05) is 31.5 Å². The van der Waals surface area contributed by atoms with Gasteiger partial charge in [-0.2, -0.15) is 5.10 Å². The highest BCUT2D eigenvalue weighted by Gasteiger charge is 2.28. The fourth-order valence-corrected chi connectivity index (χ4v) is 3.08. The van der Waals surface area contributed by atoms with Gasteiger partial charge in [0.05, 0.1) is 18.9 Å². The number of nitrogens with one attached hydrogen (secondary N) is 2. The van der Waals surface area contributed by atoms with E-state index in [1.807, 2.05) is 31.2 Å². The number of nitrogens with zero attached hydrogens (tertiary/aromatic N) is 2. The van der Waals surface area contributed by atoms with E-state index in [2.05, 4.69) is 15.5 Å². The molecule has 0 bridgehead atoms. The summed E-state index contributed by atoms with van der Waals surface area (Å²) in [5, 5.41) is 14.7. The maximum Gasteiger partial charge on any atom is 0.331 e. The lowest BCUT2D eigenvalue weighted by atomic mass is 9.99. The van der Waals surface area contributed by atoms with Gasteiger partial charge in [-0.3, -0.25) is 14.3 Å². The summed E-state index contributed by atoms with van der Waals surface area (Å²) >= 11 is 0. The number of aromatic amines is 1. The molecule has 8 nitrogen and oxygen atoms in total. The van der Waals surface area contributed by atoms with E-state index < -0.39 is 11.2 Å². The van der Waals surface area contributed by atoms with Crippen molar-refractivity contribution in [2.45, 2.75) is 38.8 Å². The van der Waals surface area contributed by atoms with Crippen LogP contribution in [-0.4, -0.2) is 27.5 Å². The van der Waals surface area contributed by atoms with Gasteiger partial charge in [-0.05, 0) is 12.5 Å². The van der Waals surface area contributed by atoms with E-state index in [9.17, 15) is 14.7 Å². The third-order valence-electron chi connectivity index (χ3n) is 4.46. The molecule has 0 amide bonds. The third-order valence-corrected chi connectivity index (χ3v) is 4.46. The lowest BCUT2D eigenvalue weighted by Gasteiger charge is -2.14. The van der Waals surface area contributed by atoms with Gasteiger partial charge < -0.3 is 15.3 Å². The number of aromatic hydroxyl groups is 1. The highest BCUT2D eigenvalue weighted by molar-refractivity contribution is 6.03. The molecule has 138 valence electrons. The van der Waals surface area contributed by atoms with Crippen LogP contribution in [0.1, 0.15) is 43.4 Å². The van der Waals surface area contributed by atoms with Gasteiger partial charge in [-0.25, -0.2) is 4.79 Å². The average molecular weight is 358 g/mol. The fraction of sp³-hybridized carbons (Fsp3) is 0.389. The zero-order valence-electron chi connectivity index (χ0n) is 14.8. The van der Waals surface area contributed by atoms with Crippen molar-refractivity contribution >= 4 is 5.71 Å². The normalized spacial score (nSPS) is 16.2. The molecule has 0 fully saturated rings. The summed E-state index contributed by atoms with van der Waals surface area (Å²) in [7, 11) is 1.59. The van der Waals surface area contributed by atoms with E-state index in [4.69, 9.17) is 4.74 Å². The number of benzene rings is 1. The molecule has 2 heterocycles. The Bertz CT molecular complexity index is 945. The molecule has 1 atom stereocenters. The number of methoxy groups -OCH3 is 1. The molecule has 0 unspecified atom stereocenters. The molecular weight excluding hydrogens is 336 g/mol. The minimum absolute atomic E-state index is 0.0330. The van der Waals surface area contributed by atoms with Crippen molar-refractivity contribution in [1.29, 1.82) is 0 Å². The number of hydrogen-bond acceptors (Lipinski definition) is 6. The Kier molecular flexibility index (Phi) is 5.11. The number of hydrogen-bond donors (Lipinski definition) is 3. The summed E-state index contributed by atoms with van der Waals surface area (Å²) in [5.41, 5.74) is 3.08. The molecule has 0 saturated carbocycles. The molecule has 3 rings (SSSR count). The molecule has 1 aliphatic heterocycles. The zero-order chi connectivity index (χ0) is 18.7. The van der Waals surface area contributed by atoms with E-state index in [0.29, 0.717) is 30.8 Å². The minimum Gasteiger partial charge on any atom is -0.496 e. The first kappa shape index (κ1) is 17.8. The number of hydrazone groups is 1. The topological polar surface area (TPSA) is 109 Å². The fourth-order valence-electron chi connectivity index (χ4n) is 3.08. The first-order valence-corrected chi connectivity index (χ1v) is 8.58. The highest BCUT2D eigenvalue weighted by Crippen LogP contribution is 2.31. The van der Waals surface area contributed by atoms with E-state index >= 15 is 0 Å². The van der Waals surface area contributed by atoms with Crippen molar-refractivity contribution in [3.05, 3.63) is 56.2 Å².